The smallest absolute Gasteiger partial charge is 0.0562 e. The lowest BCUT2D eigenvalue weighted by Gasteiger charge is -2.12. The Balaban J connectivity index is 0.000000132. The van der Waals surface area contributed by atoms with Gasteiger partial charge in [0.25, 0.3) is 0 Å². The number of benzene rings is 22. The highest BCUT2D eigenvalue weighted by atomic mass is 15.0. The van der Waals surface area contributed by atoms with Crippen molar-refractivity contribution >= 4 is 185 Å². The van der Waals surface area contributed by atoms with Crippen molar-refractivity contribution in [3.63, 3.8) is 0 Å². The van der Waals surface area contributed by atoms with Crippen molar-refractivity contribution in [2.45, 2.75) is 0 Å². The van der Waals surface area contributed by atoms with Crippen LogP contribution in [0.4, 0.5) is 0 Å². The predicted molar refractivity (Wildman–Crippen MR) is 543 cm³/mol. The molecular formula is C122H76N6. The molecule has 6 aromatic heterocycles. The van der Waals surface area contributed by atoms with E-state index >= 15 is 0 Å². The van der Waals surface area contributed by atoms with Gasteiger partial charge in [0.1, 0.15) is 0 Å². The first kappa shape index (κ1) is 71.5. The van der Waals surface area contributed by atoms with Crippen molar-refractivity contribution in [1.29, 1.82) is 0 Å². The number of hydrogen-bond donors (Lipinski definition) is 0. The van der Waals surface area contributed by atoms with E-state index in [2.05, 4.69) is 488 Å². The largest absolute Gasteiger partial charge is 0.309 e. The van der Waals surface area contributed by atoms with Gasteiger partial charge in [-0.25, -0.2) is 0 Å². The standard InChI is InChI=1S/C62H39N3.C60H37N3/c1-2-12-40(13-3-1)43-22-28-48(29-23-43)63-57-20-10-9-19-52(57)55-38-56-54-37-47(27-33-60(54)65(62(56)39-61(55)63)50-31-25-42-15-5-7-17-45(42)35-50)46-26-32-59-53(36-46)51-18-8-11-21-58(51)64(59)49-30-24-41-14-4-6-16-44(41)34-49;1-4-14-41-31-46(26-21-38(41)11-1)61-55-19-9-7-17-49(55)51-34-44(24-29-57(51)61)45-25-30-58-52(35-45)54-36-53-50-18-8-10-20-56(50)62(47-27-22-39-12-2-5-15-42(39)32-47)59(53)37-60(54)63(58)48-28-23-40-13-3-6-16-43(40)33-48/h1-39H;1-37H. The van der Waals surface area contributed by atoms with E-state index in [1.54, 1.807) is 0 Å². The minimum Gasteiger partial charge on any atom is -0.309 e. The van der Waals surface area contributed by atoms with Crippen LogP contribution in [0.25, 0.3) is 252 Å². The second-order valence-electron chi connectivity index (χ2n) is 34.4. The average Bonchev–Trinajstić information content (AvgIpc) is 1.55. The van der Waals surface area contributed by atoms with Crippen LogP contribution in [0.2, 0.25) is 0 Å². The SMILES string of the molecule is c1ccc(-c2ccc(-n3c4ccccc4c4cc5c6cc(-c7ccc8c(c7)c7ccccc7n8-c7ccc8ccccc8c7)ccc6n(-c6ccc7ccccc7c6)c5cc43)cc2)cc1.c1ccc2cc(-n3c4ccccc4c4cc(-c5ccc6c(c5)c5cc7c8ccccc8n(-c8ccc9ccccc9c8)c7cc5n6-c5ccc6ccccc6c5)ccc43)ccc2c1. The monoisotopic (exact) mass is 1620 g/mol. The topological polar surface area (TPSA) is 29.6 Å². The number of fused-ring (bicyclic) bond motifs is 23. The van der Waals surface area contributed by atoms with Crippen molar-refractivity contribution < 1.29 is 0 Å². The molecule has 128 heavy (non-hydrogen) atoms. The van der Waals surface area contributed by atoms with Gasteiger partial charge >= 0.3 is 0 Å². The van der Waals surface area contributed by atoms with Crippen LogP contribution in [0.5, 0.6) is 0 Å². The van der Waals surface area contributed by atoms with Crippen LogP contribution in [0.15, 0.2) is 461 Å². The van der Waals surface area contributed by atoms with Gasteiger partial charge in [0.05, 0.1) is 66.2 Å². The molecule has 0 atom stereocenters. The van der Waals surface area contributed by atoms with E-state index in [-0.39, 0.29) is 0 Å². The molecule has 0 aliphatic heterocycles. The molecule has 0 saturated heterocycles. The van der Waals surface area contributed by atoms with Crippen molar-refractivity contribution in [3.8, 4) is 67.5 Å². The molecule has 594 valence electrons. The first-order valence-electron chi connectivity index (χ1n) is 44.2. The molecule has 0 aliphatic rings. The summed E-state index contributed by atoms with van der Waals surface area (Å²) in [5, 5.41) is 27.3. The van der Waals surface area contributed by atoms with Crippen LogP contribution in [-0.2, 0) is 0 Å². The van der Waals surface area contributed by atoms with Crippen LogP contribution in [0, 0.1) is 0 Å². The Kier molecular flexibility index (Phi) is 15.8. The van der Waals surface area contributed by atoms with E-state index in [1.165, 1.54) is 229 Å². The number of hydrogen-bond acceptors (Lipinski definition) is 0. The van der Waals surface area contributed by atoms with E-state index in [0.29, 0.717) is 0 Å². The molecule has 0 bridgehead atoms. The van der Waals surface area contributed by atoms with Crippen LogP contribution < -0.4 is 0 Å². The lowest BCUT2D eigenvalue weighted by Crippen LogP contribution is -1.96. The maximum absolute atomic E-state index is 2.48. The summed E-state index contributed by atoms with van der Waals surface area (Å²) in [6, 6.07) is 170. The van der Waals surface area contributed by atoms with E-state index < -0.39 is 0 Å². The fourth-order valence-electron chi connectivity index (χ4n) is 21.3. The predicted octanol–water partition coefficient (Wildman–Crippen LogP) is 32.7. The molecule has 6 nitrogen and oxygen atoms in total. The maximum Gasteiger partial charge on any atom is 0.0562 e. The third kappa shape index (κ3) is 11.2. The third-order valence-corrected chi connectivity index (χ3v) is 27.3. The lowest BCUT2D eigenvalue weighted by atomic mass is 10.00. The third-order valence-electron chi connectivity index (χ3n) is 27.3. The van der Waals surface area contributed by atoms with E-state index in [1.807, 2.05) is 0 Å². The van der Waals surface area contributed by atoms with Crippen molar-refractivity contribution in [2.24, 2.45) is 0 Å². The van der Waals surface area contributed by atoms with Crippen molar-refractivity contribution in [1.82, 2.24) is 27.4 Å². The quantitative estimate of drug-likeness (QED) is 0.138. The number of aromatic nitrogens is 6. The first-order chi connectivity index (χ1) is 63.4. The van der Waals surface area contributed by atoms with E-state index in [9.17, 15) is 0 Å². The highest BCUT2D eigenvalue weighted by molar-refractivity contribution is 6.23. The highest BCUT2D eigenvalue weighted by Gasteiger charge is 2.25. The molecule has 0 radical (unpaired) electrons. The lowest BCUT2D eigenvalue weighted by molar-refractivity contribution is 1.17. The Morgan fingerprint density at radius 3 is 0.586 bits per heavy atom. The summed E-state index contributed by atoms with van der Waals surface area (Å²) < 4.78 is 14.7. The zero-order valence-electron chi connectivity index (χ0n) is 69.6. The summed E-state index contributed by atoms with van der Waals surface area (Å²) in [5.74, 6) is 0. The van der Waals surface area contributed by atoms with Gasteiger partial charge in [-0.05, 0) is 257 Å². The molecule has 0 aliphatic carbocycles. The zero-order chi connectivity index (χ0) is 83.8. The minimum atomic E-state index is 1.14. The fraction of sp³-hybridized carbons (Fsp3) is 0. The van der Waals surface area contributed by atoms with Gasteiger partial charge in [-0.2, -0.15) is 0 Å². The number of rotatable bonds is 9. The van der Waals surface area contributed by atoms with Gasteiger partial charge in [-0.3, -0.25) is 0 Å². The first-order valence-corrected chi connectivity index (χ1v) is 44.2. The molecule has 22 aromatic carbocycles. The van der Waals surface area contributed by atoms with Gasteiger partial charge in [0.15, 0.2) is 0 Å². The summed E-state index contributed by atoms with van der Waals surface area (Å²) in [5.41, 5.74) is 28.5. The summed E-state index contributed by atoms with van der Waals surface area (Å²) in [7, 11) is 0. The zero-order valence-corrected chi connectivity index (χ0v) is 69.6. The van der Waals surface area contributed by atoms with Crippen LogP contribution in [0.3, 0.4) is 0 Å². The summed E-state index contributed by atoms with van der Waals surface area (Å²) in [6.45, 7) is 0. The van der Waals surface area contributed by atoms with Gasteiger partial charge in [0.2, 0.25) is 0 Å². The molecular weight excluding hydrogens is 1550 g/mol. The Morgan fingerprint density at radius 2 is 0.289 bits per heavy atom. The number of nitrogens with zero attached hydrogens (tertiary/aromatic N) is 6. The Labute approximate surface area is 735 Å². The van der Waals surface area contributed by atoms with Crippen molar-refractivity contribution in [2.75, 3.05) is 0 Å². The molecule has 28 rings (SSSR count). The second kappa shape index (κ2) is 28.2. The summed E-state index contributed by atoms with van der Waals surface area (Å²) in [4.78, 5) is 0. The van der Waals surface area contributed by atoms with E-state index in [4.69, 9.17) is 0 Å². The Hall–Kier alpha value is -17.1. The van der Waals surface area contributed by atoms with Gasteiger partial charge in [-0.1, -0.05) is 291 Å². The normalized spacial score (nSPS) is 12.1. The minimum absolute atomic E-state index is 1.14. The fourth-order valence-corrected chi connectivity index (χ4v) is 21.3. The molecule has 0 saturated carbocycles. The summed E-state index contributed by atoms with van der Waals surface area (Å²) >= 11 is 0. The van der Waals surface area contributed by atoms with Crippen LogP contribution >= 0.6 is 0 Å². The summed E-state index contributed by atoms with van der Waals surface area (Å²) in [6.07, 6.45) is 0. The molecule has 0 N–H and O–H groups in total. The molecule has 6 heterocycles. The molecule has 0 fully saturated rings. The molecule has 0 unspecified atom stereocenters. The van der Waals surface area contributed by atoms with Gasteiger partial charge < -0.3 is 27.4 Å². The maximum atomic E-state index is 2.48. The number of para-hydroxylation sites is 4. The van der Waals surface area contributed by atoms with Crippen LogP contribution in [-0.4, -0.2) is 27.4 Å². The Bertz CT molecular complexity index is 9530. The van der Waals surface area contributed by atoms with Crippen LogP contribution in [0.1, 0.15) is 0 Å². The second-order valence-corrected chi connectivity index (χ2v) is 34.4. The highest BCUT2D eigenvalue weighted by Crippen LogP contribution is 2.47. The molecule has 6 heteroatoms. The molecule has 0 amide bonds. The van der Waals surface area contributed by atoms with Gasteiger partial charge in [-0.15, -0.1) is 0 Å². The van der Waals surface area contributed by atoms with E-state index in [0.717, 1.165) is 22.7 Å². The average molecular weight is 1630 g/mol. The van der Waals surface area contributed by atoms with Crippen molar-refractivity contribution in [3.05, 3.63) is 461 Å². The van der Waals surface area contributed by atoms with Gasteiger partial charge in [0, 0.05) is 98.8 Å². The Morgan fingerprint density at radius 1 is 0.0938 bits per heavy atom. The molecule has 28 aromatic rings. The molecule has 0 spiro atoms.